The lowest BCUT2D eigenvalue weighted by Gasteiger charge is -2.07. The molecule has 2 heterocycles. The Bertz CT molecular complexity index is 392. The van der Waals surface area contributed by atoms with Gasteiger partial charge in [-0.1, -0.05) is 6.08 Å². The van der Waals surface area contributed by atoms with E-state index in [0.717, 1.165) is 6.20 Å². The van der Waals surface area contributed by atoms with Crippen LogP contribution in [0, 0.1) is 0 Å². The number of carboxylic acid groups (broad SMARTS) is 1. The van der Waals surface area contributed by atoms with E-state index >= 15 is 0 Å². The number of fused-ring (bicyclic) bond motifs is 1. The standard InChI is InChI=1S/C8H5NO3S/c10-6-4-1-2-13-7(4)9-3-5(6)8(11)12/h1,3H,2H2,(H,11,12). The molecule has 0 radical (unpaired) electrons. The summed E-state index contributed by atoms with van der Waals surface area (Å²) >= 11 is 1.44. The molecular formula is C8H5NO3S. The molecule has 2 aliphatic heterocycles. The number of aliphatic carboxylic acids is 1. The van der Waals surface area contributed by atoms with Gasteiger partial charge in [0.25, 0.3) is 0 Å². The van der Waals surface area contributed by atoms with Crippen LogP contribution in [0.25, 0.3) is 0 Å². The summed E-state index contributed by atoms with van der Waals surface area (Å²) in [5.74, 6) is -0.950. The molecule has 0 unspecified atom stereocenters. The van der Waals surface area contributed by atoms with E-state index in [0.29, 0.717) is 16.4 Å². The molecule has 0 spiro atoms. The number of hydrogen-bond donors (Lipinski definition) is 1. The van der Waals surface area contributed by atoms with Crippen LogP contribution in [0.15, 0.2) is 28.4 Å². The van der Waals surface area contributed by atoms with Crippen LogP contribution < -0.4 is 0 Å². The lowest BCUT2D eigenvalue weighted by molar-refractivity contribution is -0.134. The third-order valence-corrected chi connectivity index (χ3v) is 2.70. The molecule has 0 fully saturated rings. The second-order valence-corrected chi connectivity index (χ2v) is 3.55. The fourth-order valence-corrected chi connectivity index (χ4v) is 2.01. The van der Waals surface area contributed by atoms with Crippen LogP contribution in [0.5, 0.6) is 0 Å². The molecule has 0 atom stereocenters. The molecule has 0 amide bonds. The van der Waals surface area contributed by atoms with Crippen LogP contribution in [-0.4, -0.2) is 27.7 Å². The maximum Gasteiger partial charge on any atom is 0.341 e. The quantitative estimate of drug-likeness (QED) is 0.622. The molecule has 13 heavy (non-hydrogen) atoms. The monoisotopic (exact) mass is 195 g/mol. The number of thioether (sulfide) groups is 1. The molecular weight excluding hydrogens is 190 g/mol. The normalized spacial score (nSPS) is 20.3. The Morgan fingerprint density at radius 1 is 1.62 bits per heavy atom. The number of rotatable bonds is 1. The minimum atomic E-state index is -1.22. The van der Waals surface area contributed by atoms with E-state index in [9.17, 15) is 9.59 Å². The van der Waals surface area contributed by atoms with Gasteiger partial charge < -0.3 is 5.11 Å². The molecule has 5 heteroatoms. The van der Waals surface area contributed by atoms with Crippen LogP contribution in [0.1, 0.15) is 0 Å². The topological polar surface area (TPSA) is 66.7 Å². The number of nitrogens with zero attached hydrogens (tertiary/aromatic N) is 1. The third-order valence-electron chi connectivity index (χ3n) is 1.77. The maximum atomic E-state index is 11.4. The lowest BCUT2D eigenvalue weighted by Crippen LogP contribution is -2.19. The summed E-state index contributed by atoms with van der Waals surface area (Å²) in [7, 11) is 0. The second kappa shape index (κ2) is 2.85. The van der Waals surface area contributed by atoms with Crippen molar-refractivity contribution in [3.63, 3.8) is 0 Å². The maximum absolute atomic E-state index is 11.4. The van der Waals surface area contributed by atoms with Crippen LogP contribution in [0.3, 0.4) is 0 Å². The van der Waals surface area contributed by atoms with E-state index in [1.54, 1.807) is 6.08 Å². The lowest BCUT2D eigenvalue weighted by atomic mass is 10.0. The Morgan fingerprint density at radius 3 is 3.08 bits per heavy atom. The summed E-state index contributed by atoms with van der Waals surface area (Å²) in [6, 6.07) is 0. The molecule has 0 aliphatic carbocycles. The average Bonchev–Trinajstić information content (AvgIpc) is 2.52. The Hall–Kier alpha value is -1.36. The van der Waals surface area contributed by atoms with Crippen LogP contribution in [0.4, 0.5) is 0 Å². The molecule has 66 valence electrons. The Morgan fingerprint density at radius 2 is 2.38 bits per heavy atom. The SMILES string of the molecule is O=C(O)C1=CN=C2SCC=C2C1=O. The molecule has 0 saturated carbocycles. The molecule has 0 aromatic heterocycles. The smallest absolute Gasteiger partial charge is 0.341 e. The first-order chi connectivity index (χ1) is 6.20. The van der Waals surface area contributed by atoms with Gasteiger partial charge in [0.2, 0.25) is 5.78 Å². The minimum Gasteiger partial charge on any atom is -0.477 e. The zero-order valence-corrected chi connectivity index (χ0v) is 7.30. The highest BCUT2D eigenvalue weighted by atomic mass is 32.2. The van der Waals surface area contributed by atoms with Gasteiger partial charge in [-0.2, -0.15) is 0 Å². The number of Topliss-reactive ketones (excluding diaryl/α,β-unsaturated/α-hetero) is 1. The largest absolute Gasteiger partial charge is 0.477 e. The molecule has 0 aromatic carbocycles. The van der Waals surface area contributed by atoms with Crippen LogP contribution in [-0.2, 0) is 9.59 Å². The molecule has 0 aromatic rings. The fraction of sp³-hybridized carbons (Fsp3) is 0.125. The fourth-order valence-electron chi connectivity index (χ4n) is 1.14. The first-order valence-electron chi connectivity index (χ1n) is 3.59. The van der Waals surface area contributed by atoms with Crippen molar-refractivity contribution in [2.45, 2.75) is 0 Å². The van der Waals surface area contributed by atoms with E-state index in [1.165, 1.54) is 11.8 Å². The highest BCUT2D eigenvalue weighted by Gasteiger charge is 2.30. The van der Waals surface area contributed by atoms with E-state index in [1.807, 2.05) is 0 Å². The van der Waals surface area contributed by atoms with Gasteiger partial charge in [0.15, 0.2) is 0 Å². The zero-order chi connectivity index (χ0) is 9.42. The number of carbonyl (C=O) groups excluding carboxylic acids is 1. The van der Waals surface area contributed by atoms with Gasteiger partial charge in [-0.25, -0.2) is 9.79 Å². The number of carboxylic acids is 1. The van der Waals surface area contributed by atoms with Gasteiger partial charge >= 0.3 is 5.97 Å². The molecule has 2 rings (SSSR count). The van der Waals surface area contributed by atoms with Gasteiger partial charge in [0.05, 0.1) is 5.57 Å². The molecule has 0 saturated heterocycles. The van der Waals surface area contributed by atoms with Gasteiger partial charge in [-0.15, -0.1) is 11.8 Å². The summed E-state index contributed by atoms with van der Waals surface area (Å²) in [5.41, 5.74) is 0.183. The number of carbonyl (C=O) groups is 2. The number of ketones is 1. The van der Waals surface area contributed by atoms with Crippen molar-refractivity contribution in [2.24, 2.45) is 4.99 Å². The third kappa shape index (κ3) is 1.21. The Labute approximate surface area is 78.0 Å². The second-order valence-electron chi connectivity index (χ2n) is 2.54. The average molecular weight is 195 g/mol. The summed E-state index contributed by atoms with van der Waals surface area (Å²) < 4.78 is 0. The molecule has 0 bridgehead atoms. The van der Waals surface area contributed by atoms with Crippen molar-refractivity contribution in [1.82, 2.24) is 0 Å². The van der Waals surface area contributed by atoms with Gasteiger partial charge in [0, 0.05) is 12.0 Å². The van der Waals surface area contributed by atoms with E-state index in [-0.39, 0.29) is 5.57 Å². The highest BCUT2D eigenvalue weighted by molar-refractivity contribution is 8.15. The van der Waals surface area contributed by atoms with Crippen LogP contribution >= 0.6 is 11.8 Å². The first-order valence-corrected chi connectivity index (χ1v) is 4.58. The number of aliphatic imine (C=N–C) groups is 1. The van der Waals surface area contributed by atoms with Crippen molar-refractivity contribution in [2.75, 3.05) is 5.75 Å². The van der Waals surface area contributed by atoms with Crippen molar-refractivity contribution < 1.29 is 14.7 Å². The summed E-state index contributed by atoms with van der Waals surface area (Å²) in [4.78, 5) is 25.9. The minimum absolute atomic E-state index is 0.252. The zero-order valence-electron chi connectivity index (χ0n) is 6.48. The van der Waals surface area contributed by atoms with E-state index in [2.05, 4.69) is 4.99 Å². The van der Waals surface area contributed by atoms with Gasteiger partial charge in [-0.3, -0.25) is 4.79 Å². The van der Waals surface area contributed by atoms with E-state index < -0.39 is 11.8 Å². The van der Waals surface area contributed by atoms with Crippen molar-refractivity contribution in [1.29, 1.82) is 0 Å². The Kier molecular flexibility index (Phi) is 1.81. The van der Waals surface area contributed by atoms with Gasteiger partial charge in [-0.05, 0) is 0 Å². The first kappa shape index (κ1) is 8.25. The van der Waals surface area contributed by atoms with E-state index in [4.69, 9.17) is 5.11 Å². The van der Waals surface area contributed by atoms with Crippen LogP contribution in [0.2, 0.25) is 0 Å². The van der Waals surface area contributed by atoms with Crippen molar-refractivity contribution in [3.8, 4) is 0 Å². The molecule has 1 N–H and O–H groups in total. The summed E-state index contributed by atoms with van der Waals surface area (Å²) in [6.07, 6.45) is 2.83. The van der Waals surface area contributed by atoms with Crippen molar-refractivity contribution in [3.05, 3.63) is 23.4 Å². The predicted octanol–water partition coefficient (Wildman–Crippen LogP) is 0.609. The molecule has 2 aliphatic rings. The predicted molar refractivity (Wildman–Crippen MR) is 48.7 cm³/mol. The van der Waals surface area contributed by atoms with Crippen molar-refractivity contribution >= 4 is 28.6 Å². The molecule has 4 nitrogen and oxygen atoms in total. The Balaban J connectivity index is 2.46. The summed E-state index contributed by atoms with van der Waals surface area (Å²) in [5, 5.41) is 9.27. The summed E-state index contributed by atoms with van der Waals surface area (Å²) in [6.45, 7) is 0. The number of hydrogen-bond acceptors (Lipinski definition) is 4. The van der Waals surface area contributed by atoms with Gasteiger partial charge in [0.1, 0.15) is 10.6 Å². The highest BCUT2D eigenvalue weighted by Crippen LogP contribution is 2.27.